The van der Waals surface area contributed by atoms with Crippen LogP contribution in [-0.4, -0.2) is 29.9 Å². The number of hydrogen-bond donors (Lipinski definition) is 3. The fourth-order valence-corrected chi connectivity index (χ4v) is 1.59. The first-order chi connectivity index (χ1) is 9.40. The second-order valence-electron chi connectivity index (χ2n) is 4.80. The maximum Gasteiger partial charge on any atom is 0.253 e. The summed E-state index contributed by atoms with van der Waals surface area (Å²) in [4.78, 5) is 27.1. The number of hydrogen-bond acceptors (Lipinski definition) is 4. The van der Waals surface area contributed by atoms with Gasteiger partial charge in [0.05, 0.1) is 17.4 Å². The van der Waals surface area contributed by atoms with Crippen LogP contribution in [0.3, 0.4) is 0 Å². The van der Waals surface area contributed by atoms with Crippen molar-refractivity contribution in [2.75, 3.05) is 18.8 Å². The molecule has 1 heterocycles. The predicted molar refractivity (Wildman–Crippen MR) is 78.5 cm³/mol. The van der Waals surface area contributed by atoms with E-state index in [1.807, 2.05) is 13.8 Å². The maximum absolute atomic E-state index is 11.9. The molecule has 2 amide bonds. The van der Waals surface area contributed by atoms with E-state index < -0.39 is 0 Å². The molecule has 7 heteroatoms. The molecule has 0 aromatic carbocycles. The Hall–Kier alpha value is -1.82. The van der Waals surface area contributed by atoms with E-state index in [4.69, 9.17) is 17.3 Å². The first kappa shape index (κ1) is 16.2. The largest absolute Gasteiger partial charge is 0.397 e. The molecule has 1 rings (SSSR count). The molecular formula is C13H19ClN4O2. The molecule has 110 valence electrons. The van der Waals surface area contributed by atoms with Gasteiger partial charge in [-0.3, -0.25) is 9.59 Å². The predicted octanol–water partition coefficient (Wildman–Crippen LogP) is 1.21. The van der Waals surface area contributed by atoms with Gasteiger partial charge < -0.3 is 16.4 Å². The van der Waals surface area contributed by atoms with Gasteiger partial charge in [-0.1, -0.05) is 25.4 Å². The minimum absolute atomic E-state index is 0.0975. The SMILES string of the molecule is CC(C)CNC(=O)CCNC(=O)c1cc(Cl)ncc1N. The summed E-state index contributed by atoms with van der Waals surface area (Å²) in [5, 5.41) is 5.58. The van der Waals surface area contributed by atoms with Crippen molar-refractivity contribution in [3.63, 3.8) is 0 Å². The number of aromatic nitrogens is 1. The molecule has 20 heavy (non-hydrogen) atoms. The van der Waals surface area contributed by atoms with Crippen LogP contribution >= 0.6 is 11.6 Å². The Morgan fingerprint density at radius 1 is 1.40 bits per heavy atom. The molecule has 0 saturated carbocycles. The Bertz CT molecular complexity index is 491. The molecule has 0 aliphatic rings. The van der Waals surface area contributed by atoms with Crippen LogP contribution in [0.25, 0.3) is 0 Å². The molecule has 0 aliphatic heterocycles. The summed E-state index contributed by atoms with van der Waals surface area (Å²) in [6.07, 6.45) is 1.55. The van der Waals surface area contributed by atoms with E-state index in [-0.39, 0.29) is 41.2 Å². The Morgan fingerprint density at radius 2 is 2.10 bits per heavy atom. The van der Waals surface area contributed by atoms with Gasteiger partial charge in [-0.05, 0) is 12.0 Å². The van der Waals surface area contributed by atoms with E-state index in [0.717, 1.165) is 0 Å². The quantitative estimate of drug-likeness (QED) is 0.688. The standard InChI is InChI=1S/C13H19ClN4O2/c1-8(2)6-18-12(19)3-4-16-13(20)9-5-11(14)17-7-10(9)15/h5,7-8H,3-4,6,15H2,1-2H3,(H,16,20)(H,18,19). The number of carbonyl (C=O) groups is 2. The van der Waals surface area contributed by atoms with Crippen molar-refractivity contribution in [2.24, 2.45) is 5.92 Å². The van der Waals surface area contributed by atoms with Gasteiger partial charge in [0, 0.05) is 19.5 Å². The molecule has 0 bridgehead atoms. The molecule has 0 fully saturated rings. The van der Waals surface area contributed by atoms with Crippen molar-refractivity contribution in [3.8, 4) is 0 Å². The van der Waals surface area contributed by atoms with E-state index in [0.29, 0.717) is 12.5 Å². The van der Waals surface area contributed by atoms with Crippen LogP contribution < -0.4 is 16.4 Å². The highest BCUT2D eigenvalue weighted by molar-refractivity contribution is 6.29. The smallest absolute Gasteiger partial charge is 0.253 e. The first-order valence-corrected chi connectivity index (χ1v) is 6.74. The maximum atomic E-state index is 11.9. The summed E-state index contributed by atoms with van der Waals surface area (Å²) in [6, 6.07) is 1.39. The average Bonchev–Trinajstić information content (AvgIpc) is 2.39. The number of pyridine rings is 1. The Balaban J connectivity index is 2.40. The molecule has 0 atom stereocenters. The van der Waals surface area contributed by atoms with Crippen molar-refractivity contribution in [2.45, 2.75) is 20.3 Å². The van der Waals surface area contributed by atoms with Crippen LogP contribution in [0.5, 0.6) is 0 Å². The van der Waals surface area contributed by atoms with Crippen molar-refractivity contribution in [3.05, 3.63) is 23.0 Å². The normalized spacial score (nSPS) is 10.4. The molecular weight excluding hydrogens is 280 g/mol. The zero-order chi connectivity index (χ0) is 15.1. The molecule has 0 aliphatic carbocycles. The van der Waals surface area contributed by atoms with Gasteiger partial charge in [0.2, 0.25) is 5.91 Å². The number of nitrogens with two attached hydrogens (primary N) is 1. The molecule has 0 unspecified atom stereocenters. The molecule has 6 nitrogen and oxygen atoms in total. The van der Waals surface area contributed by atoms with Gasteiger partial charge in [0.1, 0.15) is 5.15 Å². The first-order valence-electron chi connectivity index (χ1n) is 6.36. The number of nitrogen functional groups attached to an aromatic ring is 1. The highest BCUT2D eigenvalue weighted by atomic mass is 35.5. The molecule has 1 aromatic heterocycles. The van der Waals surface area contributed by atoms with Crippen molar-refractivity contribution in [1.29, 1.82) is 0 Å². The van der Waals surface area contributed by atoms with Crippen molar-refractivity contribution in [1.82, 2.24) is 15.6 Å². The lowest BCUT2D eigenvalue weighted by atomic mass is 10.2. The zero-order valence-electron chi connectivity index (χ0n) is 11.6. The summed E-state index contributed by atoms with van der Waals surface area (Å²) in [6.45, 7) is 4.89. The molecule has 0 saturated heterocycles. The van der Waals surface area contributed by atoms with Crippen molar-refractivity contribution < 1.29 is 9.59 Å². The summed E-state index contributed by atoms with van der Waals surface area (Å²) in [7, 11) is 0. The summed E-state index contributed by atoms with van der Waals surface area (Å²) >= 11 is 5.71. The van der Waals surface area contributed by atoms with Crippen LogP contribution in [0.1, 0.15) is 30.6 Å². The highest BCUT2D eigenvalue weighted by Crippen LogP contribution is 2.14. The number of carbonyl (C=O) groups excluding carboxylic acids is 2. The molecule has 0 spiro atoms. The van der Waals surface area contributed by atoms with Crippen LogP contribution in [-0.2, 0) is 4.79 Å². The third-order valence-electron chi connectivity index (χ3n) is 2.49. The van der Waals surface area contributed by atoms with E-state index in [1.54, 1.807) is 0 Å². The number of halogens is 1. The summed E-state index contributed by atoms with van der Waals surface area (Å²) < 4.78 is 0. The van der Waals surface area contributed by atoms with Gasteiger partial charge in [-0.25, -0.2) is 4.98 Å². The number of nitrogens with zero attached hydrogens (tertiary/aromatic N) is 1. The van der Waals surface area contributed by atoms with E-state index >= 15 is 0 Å². The van der Waals surface area contributed by atoms with Gasteiger partial charge in [0.15, 0.2) is 0 Å². The van der Waals surface area contributed by atoms with Gasteiger partial charge in [-0.2, -0.15) is 0 Å². The summed E-state index contributed by atoms with van der Waals surface area (Å²) in [5.74, 6) is -0.0736. The topological polar surface area (TPSA) is 97.1 Å². The lowest BCUT2D eigenvalue weighted by molar-refractivity contribution is -0.121. The monoisotopic (exact) mass is 298 g/mol. The summed E-state index contributed by atoms with van der Waals surface area (Å²) in [5.41, 5.74) is 6.15. The van der Waals surface area contributed by atoms with E-state index in [2.05, 4.69) is 15.6 Å². The van der Waals surface area contributed by atoms with Crippen molar-refractivity contribution >= 4 is 29.1 Å². The molecule has 4 N–H and O–H groups in total. The molecule has 1 aromatic rings. The fraction of sp³-hybridized carbons (Fsp3) is 0.462. The lowest BCUT2D eigenvalue weighted by Crippen LogP contribution is -2.32. The minimum atomic E-state index is -0.372. The van der Waals surface area contributed by atoms with E-state index in [1.165, 1.54) is 12.3 Å². The zero-order valence-corrected chi connectivity index (χ0v) is 12.3. The van der Waals surface area contributed by atoms with Crippen LogP contribution in [0.4, 0.5) is 5.69 Å². The van der Waals surface area contributed by atoms with E-state index in [9.17, 15) is 9.59 Å². The average molecular weight is 299 g/mol. The Labute approximate surface area is 123 Å². The Kier molecular flexibility index (Phi) is 6.24. The third-order valence-corrected chi connectivity index (χ3v) is 2.70. The minimum Gasteiger partial charge on any atom is -0.397 e. The van der Waals surface area contributed by atoms with Gasteiger partial charge in [0.25, 0.3) is 5.91 Å². The third kappa shape index (κ3) is 5.44. The van der Waals surface area contributed by atoms with Crippen LogP contribution in [0.2, 0.25) is 5.15 Å². The Morgan fingerprint density at radius 3 is 2.75 bits per heavy atom. The second-order valence-corrected chi connectivity index (χ2v) is 5.19. The molecule has 0 radical (unpaired) electrons. The number of anilines is 1. The lowest BCUT2D eigenvalue weighted by Gasteiger charge is -2.09. The van der Waals surface area contributed by atoms with Crippen LogP contribution in [0, 0.1) is 5.92 Å². The van der Waals surface area contributed by atoms with Gasteiger partial charge >= 0.3 is 0 Å². The highest BCUT2D eigenvalue weighted by Gasteiger charge is 2.11. The fourth-order valence-electron chi connectivity index (χ4n) is 1.43. The van der Waals surface area contributed by atoms with Crippen LogP contribution in [0.15, 0.2) is 12.3 Å². The second kappa shape index (κ2) is 7.69. The number of rotatable bonds is 6. The van der Waals surface area contributed by atoms with Gasteiger partial charge in [-0.15, -0.1) is 0 Å². The number of amides is 2. The number of nitrogens with one attached hydrogen (secondary N) is 2.